The van der Waals surface area contributed by atoms with Gasteiger partial charge in [-0.05, 0) is 25.0 Å². The van der Waals surface area contributed by atoms with Crippen molar-refractivity contribution in [2.45, 2.75) is 31.1 Å². The SMILES string of the molecule is CO[C@@H]1CC[C@H]2[C@H]1OCCN2C(=O)c1cnc2ccccc2c1. The van der Waals surface area contributed by atoms with Crippen LogP contribution in [-0.4, -0.2) is 54.3 Å². The molecule has 0 bridgehead atoms. The summed E-state index contributed by atoms with van der Waals surface area (Å²) >= 11 is 0. The second kappa shape index (κ2) is 5.91. The molecule has 120 valence electrons. The third-order valence-corrected chi connectivity index (χ3v) is 4.94. The number of amides is 1. The van der Waals surface area contributed by atoms with E-state index >= 15 is 0 Å². The predicted octanol–water partition coefficient (Wildman–Crippen LogP) is 2.25. The Morgan fingerprint density at radius 2 is 2.22 bits per heavy atom. The summed E-state index contributed by atoms with van der Waals surface area (Å²) in [5, 5.41) is 0.990. The smallest absolute Gasteiger partial charge is 0.255 e. The van der Waals surface area contributed by atoms with E-state index in [1.807, 2.05) is 35.2 Å². The van der Waals surface area contributed by atoms with Crippen LogP contribution >= 0.6 is 0 Å². The molecule has 3 atom stereocenters. The summed E-state index contributed by atoms with van der Waals surface area (Å²) in [4.78, 5) is 19.3. The van der Waals surface area contributed by atoms with Gasteiger partial charge in [0.05, 0.1) is 29.8 Å². The zero-order chi connectivity index (χ0) is 15.8. The number of morpholine rings is 1. The predicted molar refractivity (Wildman–Crippen MR) is 86.3 cm³/mol. The molecule has 1 saturated heterocycles. The topological polar surface area (TPSA) is 51.7 Å². The molecule has 0 radical (unpaired) electrons. The van der Waals surface area contributed by atoms with Gasteiger partial charge in [-0.2, -0.15) is 0 Å². The quantitative estimate of drug-likeness (QED) is 0.853. The van der Waals surface area contributed by atoms with Gasteiger partial charge in [0, 0.05) is 25.2 Å². The Hall–Kier alpha value is -1.98. The molecule has 1 aliphatic carbocycles. The first-order valence-electron chi connectivity index (χ1n) is 8.08. The number of nitrogens with zero attached hydrogens (tertiary/aromatic N) is 2. The number of methoxy groups -OCH3 is 1. The Kier molecular flexibility index (Phi) is 3.75. The standard InChI is InChI=1S/C18H20N2O3/c1-22-16-7-6-15-17(16)23-9-8-20(15)18(21)13-10-12-4-2-3-5-14(12)19-11-13/h2-5,10-11,15-17H,6-9H2,1H3/t15-,16+,17+/m0/s1. The van der Waals surface area contributed by atoms with Crippen LogP contribution in [0.5, 0.6) is 0 Å². The molecular weight excluding hydrogens is 292 g/mol. The van der Waals surface area contributed by atoms with Crippen molar-refractivity contribution in [1.29, 1.82) is 0 Å². The van der Waals surface area contributed by atoms with Crippen LogP contribution < -0.4 is 0 Å². The van der Waals surface area contributed by atoms with Gasteiger partial charge in [-0.3, -0.25) is 9.78 Å². The van der Waals surface area contributed by atoms with Crippen molar-refractivity contribution in [2.75, 3.05) is 20.3 Å². The third kappa shape index (κ3) is 2.50. The van der Waals surface area contributed by atoms with Crippen LogP contribution in [0.15, 0.2) is 36.5 Å². The zero-order valence-electron chi connectivity index (χ0n) is 13.1. The van der Waals surface area contributed by atoms with Crippen LogP contribution in [0.1, 0.15) is 23.2 Å². The van der Waals surface area contributed by atoms with Crippen molar-refractivity contribution < 1.29 is 14.3 Å². The van der Waals surface area contributed by atoms with Crippen molar-refractivity contribution in [3.8, 4) is 0 Å². The summed E-state index contributed by atoms with van der Waals surface area (Å²) in [6.07, 6.45) is 3.62. The van der Waals surface area contributed by atoms with Crippen molar-refractivity contribution in [1.82, 2.24) is 9.88 Å². The van der Waals surface area contributed by atoms with Crippen LogP contribution in [0.25, 0.3) is 10.9 Å². The number of carbonyl (C=O) groups is 1. The Morgan fingerprint density at radius 1 is 1.35 bits per heavy atom. The van der Waals surface area contributed by atoms with Crippen LogP contribution in [0.4, 0.5) is 0 Å². The van der Waals surface area contributed by atoms with Crippen molar-refractivity contribution in [3.05, 3.63) is 42.1 Å². The highest BCUT2D eigenvalue weighted by atomic mass is 16.5. The zero-order valence-corrected chi connectivity index (χ0v) is 13.1. The maximum Gasteiger partial charge on any atom is 0.255 e. The molecule has 23 heavy (non-hydrogen) atoms. The van der Waals surface area contributed by atoms with Gasteiger partial charge in [-0.25, -0.2) is 0 Å². The van der Waals surface area contributed by atoms with E-state index in [4.69, 9.17) is 9.47 Å². The maximum atomic E-state index is 13.0. The minimum absolute atomic E-state index is 0.00823. The Labute approximate surface area is 135 Å². The molecule has 0 unspecified atom stereocenters. The van der Waals surface area contributed by atoms with Crippen molar-refractivity contribution in [3.63, 3.8) is 0 Å². The summed E-state index contributed by atoms with van der Waals surface area (Å²) in [7, 11) is 1.71. The van der Waals surface area contributed by atoms with Crippen LogP contribution in [-0.2, 0) is 9.47 Å². The van der Waals surface area contributed by atoms with E-state index in [-0.39, 0.29) is 24.2 Å². The molecule has 2 fully saturated rings. The number of para-hydroxylation sites is 1. The fraction of sp³-hybridized carbons (Fsp3) is 0.444. The fourth-order valence-electron chi connectivity index (χ4n) is 3.77. The molecule has 2 heterocycles. The molecule has 1 aromatic carbocycles. The Morgan fingerprint density at radius 3 is 3.09 bits per heavy atom. The number of ether oxygens (including phenoxy) is 2. The van der Waals surface area contributed by atoms with Gasteiger partial charge in [0.15, 0.2) is 0 Å². The number of benzene rings is 1. The summed E-state index contributed by atoms with van der Waals surface area (Å²) in [6, 6.07) is 9.88. The normalized spacial score (nSPS) is 27.2. The third-order valence-electron chi connectivity index (χ3n) is 4.94. The van der Waals surface area contributed by atoms with Gasteiger partial charge in [0.1, 0.15) is 6.10 Å². The molecule has 5 nitrogen and oxygen atoms in total. The van der Waals surface area contributed by atoms with Gasteiger partial charge in [0.25, 0.3) is 5.91 Å². The van der Waals surface area contributed by atoms with Gasteiger partial charge in [0.2, 0.25) is 0 Å². The van der Waals surface area contributed by atoms with E-state index in [9.17, 15) is 4.79 Å². The van der Waals surface area contributed by atoms with E-state index in [0.29, 0.717) is 18.7 Å². The molecule has 5 heteroatoms. The van der Waals surface area contributed by atoms with Gasteiger partial charge in [-0.1, -0.05) is 18.2 Å². The van der Waals surface area contributed by atoms with E-state index in [2.05, 4.69) is 4.98 Å². The number of rotatable bonds is 2. The summed E-state index contributed by atoms with van der Waals surface area (Å²) in [5.74, 6) is 0.0401. The molecule has 2 aliphatic rings. The highest BCUT2D eigenvalue weighted by Gasteiger charge is 2.44. The van der Waals surface area contributed by atoms with Crippen molar-refractivity contribution in [2.24, 2.45) is 0 Å². The fourth-order valence-corrected chi connectivity index (χ4v) is 3.77. The lowest BCUT2D eigenvalue weighted by Gasteiger charge is -2.38. The largest absolute Gasteiger partial charge is 0.379 e. The van der Waals surface area contributed by atoms with Crippen LogP contribution in [0.3, 0.4) is 0 Å². The second-order valence-corrected chi connectivity index (χ2v) is 6.17. The average molecular weight is 312 g/mol. The number of aromatic nitrogens is 1. The van der Waals surface area contributed by atoms with E-state index in [0.717, 1.165) is 23.7 Å². The van der Waals surface area contributed by atoms with E-state index in [1.165, 1.54) is 0 Å². The molecule has 1 amide bonds. The number of pyridine rings is 1. The van der Waals surface area contributed by atoms with Gasteiger partial charge in [-0.15, -0.1) is 0 Å². The van der Waals surface area contributed by atoms with Crippen LogP contribution in [0.2, 0.25) is 0 Å². The van der Waals surface area contributed by atoms with E-state index < -0.39 is 0 Å². The first-order chi connectivity index (χ1) is 11.3. The molecule has 1 saturated carbocycles. The number of hydrogen-bond acceptors (Lipinski definition) is 4. The number of hydrogen-bond donors (Lipinski definition) is 0. The lowest BCUT2D eigenvalue weighted by atomic mass is 10.1. The van der Waals surface area contributed by atoms with Gasteiger partial charge >= 0.3 is 0 Å². The highest BCUT2D eigenvalue weighted by Crippen LogP contribution is 2.32. The molecule has 1 aromatic heterocycles. The molecule has 1 aliphatic heterocycles. The summed E-state index contributed by atoms with van der Waals surface area (Å²) in [5.41, 5.74) is 1.55. The first kappa shape index (κ1) is 14.6. The first-order valence-corrected chi connectivity index (χ1v) is 8.08. The molecular formula is C18H20N2O3. The van der Waals surface area contributed by atoms with Crippen LogP contribution in [0, 0.1) is 0 Å². The Bertz CT molecular complexity index is 733. The molecule has 4 rings (SSSR count). The lowest BCUT2D eigenvalue weighted by molar-refractivity contribution is -0.0946. The Balaban J connectivity index is 1.62. The second-order valence-electron chi connectivity index (χ2n) is 6.17. The minimum atomic E-state index is -0.00823. The number of carbonyl (C=O) groups excluding carboxylic acids is 1. The number of fused-ring (bicyclic) bond motifs is 2. The monoisotopic (exact) mass is 312 g/mol. The molecule has 0 N–H and O–H groups in total. The minimum Gasteiger partial charge on any atom is -0.379 e. The highest BCUT2D eigenvalue weighted by molar-refractivity contribution is 5.97. The molecule has 2 aromatic rings. The summed E-state index contributed by atoms with van der Waals surface area (Å²) < 4.78 is 11.4. The maximum absolute atomic E-state index is 13.0. The van der Waals surface area contributed by atoms with Crippen molar-refractivity contribution >= 4 is 16.8 Å². The van der Waals surface area contributed by atoms with Gasteiger partial charge < -0.3 is 14.4 Å². The average Bonchev–Trinajstić information content (AvgIpc) is 3.04. The summed E-state index contributed by atoms with van der Waals surface area (Å²) in [6.45, 7) is 1.19. The lowest BCUT2D eigenvalue weighted by Crippen LogP contribution is -2.53. The molecule has 0 spiro atoms. The van der Waals surface area contributed by atoms with E-state index in [1.54, 1.807) is 13.3 Å².